The molecule has 0 bridgehead atoms. The number of carbonyl (C=O) groups excluding carboxylic acids is 1. The lowest BCUT2D eigenvalue weighted by Gasteiger charge is -2.18. The monoisotopic (exact) mass is 370 g/mol. The zero-order valence-electron chi connectivity index (χ0n) is 15.6. The van der Waals surface area contributed by atoms with E-state index in [1.54, 1.807) is 7.11 Å². The van der Waals surface area contributed by atoms with E-state index in [9.17, 15) is 4.79 Å². The number of methoxy groups -OCH3 is 1. The van der Waals surface area contributed by atoms with Crippen molar-refractivity contribution in [3.05, 3.63) is 23.8 Å². The third-order valence-corrected chi connectivity index (χ3v) is 4.37. The largest absolute Gasteiger partial charge is 0.493 e. The second-order valence-electron chi connectivity index (χ2n) is 6.76. The van der Waals surface area contributed by atoms with Gasteiger partial charge in [-0.3, -0.25) is 4.79 Å². The molecule has 1 fully saturated rings. The molecule has 6 heteroatoms. The van der Waals surface area contributed by atoms with Crippen LogP contribution >= 0.6 is 12.4 Å². The minimum atomic E-state index is -0.0544. The van der Waals surface area contributed by atoms with Crippen LogP contribution in [0.5, 0.6) is 11.5 Å². The number of amides is 1. The van der Waals surface area contributed by atoms with E-state index in [0.717, 1.165) is 30.8 Å². The first kappa shape index (κ1) is 21.6. The van der Waals surface area contributed by atoms with Gasteiger partial charge in [0.1, 0.15) is 0 Å². The number of hydrogen-bond acceptors (Lipinski definition) is 4. The number of rotatable bonds is 8. The van der Waals surface area contributed by atoms with Gasteiger partial charge in [0.15, 0.2) is 11.5 Å². The molecule has 2 atom stereocenters. The van der Waals surface area contributed by atoms with E-state index >= 15 is 0 Å². The van der Waals surface area contributed by atoms with Crippen molar-refractivity contribution >= 4 is 18.3 Å². The second kappa shape index (κ2) is 10.5. The van der Waals surface area contributed by atoms with Crippen molar-refractivity contribution in [1.82, 2.24) is 10.6 Å². The molecule has 1 heterocycles. The Kier molecular flexibility index (Phi) is 9.08. The summed E-state index contributed by atoms with van der Waals surface area (Å²) >= 11 is 0. The highest BCUT2D eigenvalue weighted by molar-refractivity contribution is 5.85. The van der Waals surface area contributed by atoms with Gasteiger partial charge in [0.2, 0.25) is 5.91 Å². The van der Waals surface area contributed by atoms with Crippen molar-refractivity contribution < 1.29 is 14.3 Å². The van der Waals surface area contributed by atoms with Crippen LogP contribution < -0.4 is 20.1 Å². The van der Waals surface area contributed by atoms with Crippen LogP contribution in [0.1, 0.15) is 51.6 Å². The molecule has 2 N–H and O–H groups in total. The molecule has 0 aliphatic carbocycles. The highest BCUT2D eigenvalue weighted by Crippen LogP contribution is 2.31. The van der Waals surface area contributed by atoms with Crippen LogP contribution in [-0.2, 0) is 4.79 Å². The molecule has 5 nitrogen and oxygen atoms in total. The molecule has 1 saturated heterocycles. The van der Waals surface area contributed by atoms with Crippen LogP contribution in [0, 0.1) is 5.92 Å². The van der Waals surface area contributed by atoms with E-state index < -0.39 is 0 Å². The van der Waals surface area contributed by atoms with E-state index in [4.69, 9.17) is 9.47 Å². The topological polar surface area (TPSA) is 59.6 Å². The van der Waals surface area contributed by atoms with Gasteiger partial charge in [0, 0.05) is 6.42 Å². The van der Waals surface area contributed by atoms with Gasteiger partial charge in [0.05, 0.1) is 19.3 Å². The van der Waals surface area contributed by atoms with Gasteiger partial charge in [-0.2, -0.15) is 0 Å². The molecule has 142 valence electrons. The van der Waals surface area contributed by atoms with Crippen LogP contribution in [0.4, 0.5) is 0 Å². The Hall–Kier alpha value is -1.46. The molecule has 1 aromatic rings. The number of carbonyl (C=O) groups is 1. The molecule has 0 aromatic heterocycles. The van der Waals surface area contributed by atoms with Crippen LogP contribution in [0.15, 0.2) is 18.2 Å². The zero-order chi connectivity index (χ0) is 17.5. The van der Waals surface area contributed by atoms with Gasteiger partial charge in [-0.15, -0.1) is 12.4 Å². The van der Waals surface area contributed by atoms with Gasteiger partial charge in [-0.05, 0) is 70.3 Å². The Labute approximate surface area is 157 Å². The van der Waals surface area contributed by atoms with Crippen molar-refractivity contribution in [1.29, 1.82) is 0 Å². The molecule has 0 radical (unpaired) electrons. The van der Waals surface area contributed by atoms with Crippen molar-refractivity contribution in [2.45, 2.75) is 52.2 Å². The van der Waals surface area contributed by atoms with Gasteiger partial charge < -0.3 is 20.1 Å². The minimum Gasteiger partial charge on any atom is -0.493 e. The molecule has 1 aromatic carbocycles. The summed E-state index contributed by atoms with van der Waals surface area (Å²) in [7, 11) is 1.63. The standard InChI is InChI=1S/C19H30N2O3.ClH/c1-13(2)24-17-7-6-16(11-18(17)23-4)14(3)21-19(22)8-5-15-9-10-20-12-15;/h6-7,11,13-15,20H,5,8-10,12H2,1-4H3,(H,21,22);1H. The van der Waals surface area contributed by atoms with Crippen LogP contribution in [-0.4, -0.2) is 32.2 Å². The molecule has 0 saturated carbocycles. The summed E-state index contributed by atoms with van der Waals surface area (Å²) in [6, 6.07) is 5.76. The van der Waals surface area contributed by atoms with E-state index in [1.807, 2.05) is 39.0 Å². The highest BCUT2D eigenvalue weighted by atomic mass is 35.5. The number of hydrogen-bond donors (Lipinski definition) is 2. The van der Waals surface area contributed by atoms with E-state index in [-0.39, 0.29) is 30.5 Å². The number of ether oxygens (including phenoxy) is 2. The summed E-state index contributed by atoms with van der Waals surface area (Å²) in [5, 5.41) is 6.41. The Balaban J connectivity index is 0.00000312. The Morgan fingerprint density at radius 1 is 1.32 bits per heavy atom. The van der Waals surface area contributed by atoms with Crippen LogP contribution in [0.2, 0.25) is 0 Å². The fraction of sp³-hybridized carbons (Fsp3) is 0.632. The second-order valence-corrected chi connectivity index (χ2v) is 6.76. The van der Waals surface area contributed by atoms with Gasteiger partial charge in [-0.25, -0.2) is 0 Å². The first-order chi connectivity index (χ1) is 11.5. The summed E-state index contributed by atoms with van der Waals surface area (Å²) in [6.07, 6.45) is 2.81. The number of benzene rings is 1. The first-order valence-corrected chi connectivity index (χ1v) is 8.84. The summed E-state index contributed by atoms with van der Waals surface area (Å²) in [5.41, 5.74) is 1.01. The molecular weight excluding hydrogens is 340 g/mol. The Morgan fingerprint density at radius 2 is 2.08 bits per heavy atom. The Morgan fingerprint density at radius 3 is 2.68 bits per heavy atom. The summed E-state index contributed by atoms with van der Waals surface area (Å²) < 4.78 is 11.1. The molecule has 0 spiro atoms. The summed E-state index contributed by atoms with van der Waals surface area (Å²) in [4.78, 5) is 12.2. The van der Waals surface area contributed by atoms with E-state index in [1.165, 1.54) is 6.42 Å². The molecule has 1 aliphatic heterocycles. The molecule has 2 unspecified atom stereocenters. The van der Waals surface area contributed by atoms with Crippen LogP contribution in [0.25, 0.3) is 0 Å². The first-order valence-electron chi connectivity index (χ1n) is 8.84. The lowest BCUT2D eigenvalue weighted by Crippen LogP contribution is -2.27. The summed E-state index contributed by atoms with van der Waals surface area (Å²) in [5.74, 6) is 2.16. The van der Waals surface area contributed by atoms with E-state index in [0.29, 0.717) is 18.1 Å². The van der Waals surface area contributed by atoms with Crippen LogP contribution in [0.3, 0.4) is 0 Å². The maximum Gasteiger partial charge on any atom is 0.220 e. The third kappa shape index (κ3) is 6.75. The highest BCUT2D eigenvalue weighted by Gasteiger charge is 2.17. The quantitative estimate of drug-likeness (QED) is 0.735. The van der Waals surface area contributed by atoms with Crippen molar-refractivity contribution in [2.75, 3.05) is 20.2 Å². The van der Waals surface area contributed by atoms with Crippen molar-refractivity contribution in [3.63, 3.8) is 0 Å². The fourth-order valence-electron chi connectivity index (χ4n) is 3.00. The van der Waals surface area contributed by atoms with Gasteiger partial charge in [-0.1, -0.05) is 6.07 Å². The molecule has 1 amide bonds. The lowest BCUT2D eigenvalue weighted by atomic mass is 10.0. The molecular formula is C19H31ClN2O3. The minimum absolute atomic E-state index is 0. The predicted molar refractivity (Wildman–Crippen MR) is 103 cm³/mol. The van der Waals surface area contributed by atoms with E-state index in [2.05, 4.69) is 10.6 Å². The smallest absolute Gasteiger partial charge is 0.220 e. The predicted octanol–water partition coefficient (Wildman–Crippen LogP) is 3.47. The van der Waals surface area contributed by atoms with Gasteiger partial charge in [0.25, 0.3) is 0 Å². The average molecular weight is 371 g/mol. The fourth-order valence-corrected chi connectivity index (χ4v) is 3.00. The molecule has 2 rings (SSSR count). The maximum atomic E-state index is 12.2. The van der Waals surface area contributed by atoms with Gasteiger partial charge >= 0.3 is 0 Å². The number of nitrogens with one attached hydrogen (secondary N) is 2. The maximum absolute atomic E-state index is 12.2. The average Bonchev–Trinajstić information content (AvgIpc) is 3.06. The van der Waals surface area contributed by atoms with Crippen molar-refractivity contribution in [2.24, 2.45) is 5.92 Å². The Bertz CT molecular complexity index is 545. The lowest BCUT2D eigenvalue weighted by molar-refractivity contribution is -0.122. The number of halogens is 1. The third-order valence-electron chi connectivity index (χ3n) is 4.37. The SMILES string of the molecule is COc1cc(C(C)NC(=O)CCC2CCNC2)ccc1OC(C)C.Cl. The summed E-state index contributed by atoms with van der Waals surface area (Å²) in [6.45, 7) is 8.07. The normalized spacial score (nSPS) is 17.7. The van der Waals surface area contributed by atoms with Crippen molar-refractivity contribution in [3.8, 4) is 11.5 Å². The molecule has 1 aliphatic rings. The zero-order valence-corrected chi connectivity index (χ0v) is 16.4. The molecule has 25 heavy (non-hydrogen) atoms.